The average molecular weight is 427 g/mol. The summed E-state index contributed by atoms with van der Waals surface area (Å²) in [4.78, 5) is 41.0. The number of likely N-dealkylation sites (tertiary alicyclic amines) is 1. The first-order chi connectivity index (χ1) is 14.7. The minimum absolute atomic E-state index is 0.151. The first kappa shape index (κ1) is 21.0. The Morgan fingerprint density at radius 3 is 2.48 bits per heavy atom. The molecule has 162 valence electrons. The molecule has 2 aromatic carbocycles. The van der Waals surface area contributed by atoms with E-state index in [1.807, 2.05) is 32.0 Å². The van der Waals surface area contributed by atoms with E-state index in [0.717, 1.165) is 34.9 Å². The van der Waals surface area contributed by atoms with Crippen molar-refractivity contribution in [3.8, 4) is 0 Å². The molecule has 0 bridgehead atoms. The summed E-state index contributed by atoms with van der Waals surface area (Å²) < 4.78 is 27.4. The average Bonchev–Trinajstić information content (AvgIpc) is 2.96. The van der Waals surface area contributed by atoms with E-state index in [1.165, 1.54) is 9.80 Å². The number of hydrogen-bond donors (Lipinski definition) is 1. The van der Waals surface area contributed by atoms with Crippen LogP contribution in [-0.2, 0) is 11.3 Å². The minimum atomic E-state index is -1.08. The predicted molar refractivity (Wildman–Crippen MR) is 109 cm³/mol. The smallest absolute Gasteiger partial charge is 0.325 e. The lowest BCUT2D eigenvalue weighted by atomic mass is 9.87. The maximum Gasteiger partial charge on any atom is 0.325 e. The number of urea groups is 1. The number of aryl methyl sites for hydroxylation is 2. The molecule has 1 spiro atoms. The molecular weight excluding hydrogens is 404 g/mol. The molecule has 2 saturated heterocycles. The molecule has 8 heteroatoms. The van der Waals surface area contributed by atoms with Gasteiger partial charge in [0.25, 0.3) is 11.8 Å². The first-order valence-corrected chi connectivity index (χ1v) is 10.1. The molecule has 4 rings (SSSR count). The molecule has 2 aliphatic rings. The summed E-state index contributed by atoms with van der Waals surface area (Å²) in [5, 5.41) is 2.81. The van der Waals surface area contributed by atoms with Gasteiger partial charge in [0.05, 0.1) is 12.1 Å². The van der Waals surface area contributed by atoms with Gasteiger partial charge in [0.2, 0.25) is 0 Å². The van der Waals surface area contributed by atoms with Gasteiger partial charge < -0.3 is 10.2 Å². The van der Waals surface area contributed by atoms with E-state index in [1.54, 1.807) is 0 Å². The van der Waals surface area contributed by atoms with Gasteiger partial charge in [-0.1, -0.05) is 23.8 Å². The number of nitrogens with zero attached hydrogens (tertiary/aromatic N) is 2. The fourth-order valence-corrected chi connectivity index (χ4v) is 4.22. The molecule has 31 heavy (non-hydrogen) atoms. The second-order valence-corrected chi connectivity index (χ2v) is 8.25. The number of rotatable bonds is 3. The van der Waals surface area contributed by atoms with Crippen LogP contribution in [0.3, 0.4) is 0 Å². The number of halogens is 2. The van der Waals surface area contributed by atoms with E-state index in [4.69, 9.17) is 0 Å². The van der Waals surface area contributed by atoms with Gasteiger partial charge in [0.1, 0.15) is 17.2 Å². The highest BCUT2D eigenvalue weighted by molar-refractivity contribution is 6.07. The number of amides is 4. The first-order valence-electron chi connectivity index (χ1n) is 10.1. The number of hydrogen-bond acceptors (Lipinski definition) is 3. The fourth-order valence-electron chi connectivity index (χ4n) is 4.22. The van der Waals surface area contributed by atoms with Gasteiger partial charge >= 0.3 is 6.03 Å². The largest absolute Gasteiger partial charge is 0.338 e. The molecule has 2 aromatic rings. The van der Waals surface area contributed by atoms with E-state index in [9.17, 15) is 23.2 Å². The van der Waals surface area contributed by atoms with Crippen LogP contribution in [0.15, 0.2) is 36.4 Å². The molecule has 0 aliphatic carbocycles. The van der Waals surface area contributed by atoms with Crippen molar-refractivity contribution in [2.75, 3.05) is 13.1 Å². The van der Waals surface area contributed by atoms with Gasteiger partial charge in [-0.2, -0.15) is 0 Å². The lowest BCUT2D eigenvalue weighted by Crippen LogP contribution is -2.55. The van der Waals surface area contributed by atoms with Crippen LogP contribution in [0.1, 0.15) is 39.9 Å². The predicted octanol–water partition coefficient (Wildman–Crippen LogP) is 3.31. The minimum Gasteiger partial charge on any atom is -0.338 e. The summed E-state index contributed by atoms with van der Waals surface area (Å²) in [5.41, 5.74) is 1.51. The third-order valence-electron chi connectivity index (χ3n) is 6.14. The Morgan fingerprint density at radius 2 is 1.77 bits per heavy atom. The van der Waals surface area contributed by atoms with Crippen LogP contribution in [0.5, 0.6) is 0 Å². The third kappa shape index (κ3) is 3.78. The van der Waals surface area contributed by atoms with Crippen LogP contribution < -0.4 is 5.32 Å². The fraction of sp³-hybridized carbons (Fsp3) is 0.348. The highest BCUT2D eigenvalue weighted by Crippen LogP contribution is 2.31. The van der Waals surface area contributed by atoms with Crippen LogP contribution >= 0.6 is 0 Å². The van der Waals surface area contributed by atoms with E-state index in [-0.39, 0.29) is 43.9 Å². The van der Waals surface area contributed by atoms with Gasteiger partial charge in [0, 0.05) is 13.1 Å². The van der Waals surface area contributed by atoms with Crippen molar-refractivity contribution in [1.82, 2.24) is 15.1 Å². The maximum atomic E-state index is 14.0. The zero-order valence-electron chi connectivity index (χ0n) is 17.4. The van der Waals surface area contributed by atoms with E-state index in [2.05, 4.69) is 5.32 Å². The molecule has 1 N–H and O–H groups in total. The summed E-state index contributed by atoms with van der Waals surface area (Å²) in [6.07, 6.45) is 0.424. The molecule has 6 nitrogen and oxygen atoms in total. The van der Waals surface area contributed by atoms with Gasteiger partial charge in [-0.3, -0.25) is 14.5 Å². The number of carbonyl (C=O) groups excluding carboxylic acids is 3. The van der Waals surface area contributed by atoms with Crippen LogP contribution in [0, 0.1) is 25.5 Å². The molecule has 0 saturated carbocycles. The van der Waals surface area contributed by atoms with Crippen LogP contribution in [0.4, 0.5) is 13.6 Å². The van der Waals surface area contributed by atoms with Crippen molar-refractivity contribution in [2.24, 2.45) is 0 Å². The van der Waals surface area contributed by atoms with Gasteiger partial charge in [-0.15, -0.1) is 0 Å². The molecule has 0 unspecified atom stereocenters. The third-order valence-corrected chi connectivity index (χ3v) is 6.14. The Labute approximate surface area is 178 Å². The normalized spacial score (nSPS) is 17.9. The summed E-state index contributed by atoms with van der Waals surface area (Å²) in [7, 11) is 0. The summed E-state index contributed by atoms with van der Waals surface area (Å²) in [5.74, 6) is -2.44. The number of piperidine rings is 1. The molecule has 0 aromatic heterocycles. The molecular formula is C23H23F2N3O3. The van der Waals surface area contributed by atoms with Crippen molar-refractivity contribution in [3.05, 3.63) is 70.3 Å². The summed E-state index contributed by atoms with van der Waals surface area (Å²) >= 11 is 0. The molecule has 0 radical (unpaired) electrons. The molecule has 2 fully saturated rings. The van der Waals surface area contributed by atoms with Crippen LogP contribution in [0.2, 0.25) is 0 Å². The van der Waals surface area contributed by atoms with Crippen molar-refractivity contribution in [2.45, 2.75) is 38.8 Å². The lowest BCUT2D eigenvalue weighted by Gasteiger charge is -2.37. The number of nitrogens with one attached hydrogen (secondary N) is 1. The van der Waals surface area contributed by atoms with E-state index >= 15 is 0 Å². The molecule has 0 atom stereocenters. The van der Waals surface area contributed by atoms with Crippen molar-refractivity contribution < 1.29 is 23.2 Å². The van der Waals surface area contributed by atoms with Gasteiger partial charge in [0.15, 0.2) is 0 Å². The number of carbonyl (C=O) groups is 3. The maximum absolute atomic E-state index is 14.0. The van der Waals surface area contributed by atoms with Crippen LogP contribution in [0.25, 0.3) is 0 Å². The Hall–Kier alpha value is -3.29. The second kappa shape index (κ2) is 7.76. The van der Waals surface area contributed by atoms with E-state index < -0.39 is 29.1 Å². The Morgan fingerprint density at radius 1 is 1.06 bits per heavy atom. The van der Waals surface area contributed by atoms with Gasteiger partial charge in [-0.25, -0.2) is 13.6 Å². The van der Waals surface area contributed by atoms with Crippen molar-refractivity contribution in [1.29, 1.82) is 0 Å². The summed E-state index contributed by atoms with van der Waals surface area (Å²) in [6.45, 7) is 4.36. The molecule has 2 aliphatic heterocycles. The number of benzene rings is 2. The van der Waals surface area contributed by atoms with Crippen LogP contribution in [-0.4, -0.2) is 46.3 Å². The lowest BCUT2D eigenvalue weighted by molar-refractivity contribution is -0.133. The standard InChI is InChI=1S/C23H23F2N3O3/c1-14-3-4-15(2)16(11-14)13-28-21(30)23(26-22(28)31)7-9-27(10-8-23)20(29)18-12-17(24)5-6-19(18)25/h3-6,11-12H,7-10,13H2,1-2H3,(H,26,31). The zero-order valence-corrected chi connectivity index (χ0v) is 17.4. The second-order valence-electron chi connectivity index (χ2n) is 8.25. The monoisotopic (exact) mass is 427 g/mol. The Bertz CT molecular complexity index is 1080. The SMILES string of the molecule is Cc1ccc(C)c(CN2C(=O)NC3(CCN(C(=O)c4cc(F)ccc4F)CC3)C2=O)c1. The molecule has 4 amide bonds. The van der Waals surface area contributed by atoms with Crippen molar-refractivity contribution >= 4 is 17.8 Å². The van der Waals surface area contributed by atoms with E-state index in [0.29, 0.717) is 0 Å². The summed E-state index contributed by atoms with van der Waals surface area (Å²) in [6, 6.07) is 8.16. The Balaban J connectivity index is 1.47. The topological polar surface area (TPSA) is 69.7 Å². The highest BCUT2D eigenvalue weighted by atomic mass is 19.1. The Kier molecular flexibility index (Phi) is 5.24. The quantitative estimate of drug-likeness (QED) is 0.765. The zero-order chi connectivity index (χ0) is 22.3. The van der Waals surface area contributed by atoms with Gasteiger partial charge in [-0.05, 0) is 56.0 Å². The van der Waals surface area contributed by atoms with Crippen molar-refractivity contribution in [3.63, 3.8) is 0 Å². The molecule has 2 heterocycles. The number of imide groups is 1. The highest BCUT2D eigenvalue weighted by Gasteiger charge is 2.52.